The van der Waals surface area contributed by atoms with E-state index < -0.39 is 0 Å². The van der Waals surface area contributed by atoms with Crippen molar-refractivity contribution in [3.8, 4) is 17.7 Å². The van der Waals surface area contributed by atoms with E-state index >= 15 is 0 Å². The Kier molecular flexibility index (Phi) is 5.17. The summed E-state index contributed by atoms with van der Waals surface area (Å²) >= 11 is 3.15. The predicted octanol–water partition coefficient (Wildman–Crippen LogP) is 3.40. The predicted molar refractivity (Wildman–Crippen MR) is 110 cm³/mol. The Morgan fingerprint density at radius 2 is 2.21 bits per heavy atom. The van der Waals surface area contributed by atoms with E-state index in [9.17, 15) is 5.26 Å². The SMILES string of the molecule is COc1ccc([C@H]2C(C#N)=C(N)Oc3n[nH]c(C)c32)cc1CSc1nnc(C)s1. The summed E-state index contributed by atoms with van der Waals surface area (Å²) in [5.74, 6) is 1.55. The van der Waals surface area contributed by atoms with Crippen LogP contribution in [0.15, 0.2) is 34.0 Å². The highest BCUT2D eigenvalue weighted by Gasteiger charge is 2.34. The van der Waals surface area contributed by atoms with E-state index in [1.165, 1.54) is 0 Å². The number of fused-ring (bicyclic) bond motifs is 1. The van der Waals surface area contributed by atoms with Gasteiger partial charge >= 0.3 is 0 Å². The molecular weight excluding hydrogens is 408 g/mol. The van der Waals surface area contributed by atoms with Crippen LogP contribution >= 0.6 is 23.1 Å². The Balaban J connectivity index is 1.74. The number of nitrogens with zero attached hydrogens (tertiary/aromatic N) is 4. The van der Waals surface area contributed by atoms with Crippen molar-refractivity contribution in [2.24, 2.45) is 5.73 Å². The van der Waals surface area contributed by atoms with Gasteiger partial charge in [0.1, 0.15) is 22.4 Å². The Morgan fingerprint density at radius 3 is 2.90 bits per heavy atom. The van der Waals surface area contributed by atoms with E-state index in [0.29, 0.717) is 17.2 Å². The van der Waals surface area contributed by atoms with Gasteiger partial charge in [0.15, 0.2) is 4.34 Å². The molecule has 0 spiro atoms. The van der Waals surface area contributed by atoms with Gasteiger partial charge in [0, 0.05) is 22.6 Å². The maximum absolute atomic E-state index is 9.73. The highest BCUT2D eigenvalue weighted by Crippen LogP contribution is 2.43. The summed E-state index contributed by atoms with van der Waals surface area (Å²) in [5.41, 5.74) is 9.94. The fourth-order valence-corrected chi connectivity index (χ4v) is 5.09. The van der Waals surface area contributed by atoms with Crippen molar-refractivity contribution >= 4 is 23.1 Å². The van der Waals surface area contributed by atoms with Crippen LogP contribution in [-0.4, -0.2) is 27.5 Å². The van der Waals surface area contributed by atoms with Gasteiger partial charge in [-0.25, -0.2) is 0 Å². The van der Waals surface area contributed by atoms with E-state index in [1.807, 2.05) is 32.0 Å². The number of hydrogen-bond donors (Lipinski definition) is 2. The van der Waals surface area contributed by atoms with Crippen LogP contribution in [-0.2, 0) is 5.75 Å². The second kappa shape index (κ2) is 7.77. The van der Waals surface area contributed by atoms with Gasteiger partial charge in [0.05, 0.1) is 13.0 Å². The number of ether oxygens (including phenoxy) is 2. The summed E-state index contributed by atoms with van der Waals surface area (Å²) in [7, 11) is 1.64. The number of aryl methyl sites for hydroxylation is 2. The minimum Gasteiger partial charge on any atom is -0.496 e. The first-order valence-corrected chi connectivity index (χ1v) is 10.5. The fraction of sp³-hybridized carbons (Fsp3) is 0.263. The monoisotopic (exact) mass is 426 g/mol. The Hall–Kier alpha value is -3.03. The smallest absolute Gasteiger partial charge is 0.244 e. The quantitative estimate of drug-likeness (QED) is 0.595. The van der Waals surface area contributed by atoms with E-state index in [1.54, 1.807) is 30.2 Å². The second-order valence-corrected chi connectivity index (χ2v) is 8.84. The van der Waals surface area contributed by atoms with Crippen LogP contribution in [0.2, 0.25) is 0 Å². The lowest BCUT2D eigenvalue weighted by Gasteiger charge is -2.24. The molecule has 0 saturated carbocycles. The minimum atomic E-state index is -0.360. The molecule has 4 rings (SSSR count). The molecule has 0 radical (unpaired) electrons. The summed E-state index contributed by atoms with van der Waals surface area (Å²) in [6.07, 6.45) is 0. The first kappa shape index (κ1) is 19.3. The van der Waals surface area contributed by atoms with Crippen molar-refractivity contribution in [3.63, 3.8) is 0 Å². The summed E-state index contributed by atoms with van der Waals surface area (Å²) < 4.78 is 12.0. The van der Waals surface area contributed by atoms with Gasteiger partial charge in [-0.15, -0.1) is 15.3 Å². The molecule has 0 saturated heterocycles. The molecule has 3 N–H and O–H groups in total. The number of aromatic amines is 1. The maximum atomic E-state index is 9.73. The van der Waals surface area contributed by atoms with Crippen LogP contribution in [0.25, 0.3) is 0 Å². The molecule has 29 heavy (non-hydrogen) atoms. The van der Waals surface area contributed by atoms with Crippen molar-refractivity contribution < 1.29 is 9.47 Å². The van der Waals surface area contributed by atoms with E-state index in [0.717, 1.165) is 37.5 Å². The number of allylic oxidation sites excluding steroid dienone is 1. The van der Waals surface area contributed by atoms with Crippen molar-refractivity contribution in [1.82, 2.24) is 20.4 Å². The molecule has 148 valence electrons. The molecule has 8 nitrogen and oxygen atoms in total. The first-order chi connectivity index (χ1) is 14.0. The van der Waals surface area contributed by atoms with E-state index in [2.05, 4.69) is 26.5 Å². The molecule has 0 bridgehead atoms. The van der Waals surface area contributed by atoms with Crippen molar-refractivity contribution in [3.05, 3.63) is 57.0 Å². The summed E-state index contributed by atoms with van der Waals surface area (Å²) in [4.78, 5) is 0. The molecule has 1 aliphatic heterocycles. The highest BCUT2D eigenvalue weighted by molar-refractivity contribution is 8.00. The highest BCUT2D eigenvalue weighted by atomic mass is 32.2. The number of aromatic nitrogens is 4. The van der Waals surface area contributed by atoms with Gasteiger partial charge in [-0.05, 0) is 25.5 Å². The number of nitrogens with one attached hydrogen (secondary N) is 1. The second-order valence-electron chi connectivity index (χ2n) is 6.44. The molecule has 1 aromatic carbocycles. The molecule has 0 unspecified atom stereocenters. The van der Waals surface area contributed by atoms with Gasteiger partial charge in [0.25, 0.3) is 0 Å². The van der Waals surface area contributed by atoms with Crippen molar-refractivity contribution in [2.75, 3.05) is 7.11 Å². The lowest BCUT2D eigenvalue weighted by molar-refractivity contribution is 0.378. The third-order valence-corrected chi connectivity index (χ3v) is 6.65. The third-order valence-electron chi connectivity index (χ3n) is 4.63. The van der Waals surface area contributed by atoms with Gasteiger partial charge in [-0.1, -0.05) is 35.2 Å². The van der Waals surface area contributed by atoms with Gasteiger partial charge in [0.2, 0.25) is 11.8 Å². The van der Waals surface area contributed by atoms with E-state index in [4.69, 9.17) is 15.2 Å². The number of methoxy groups -OCH3 is 1. The Bertz CT molecular complexity index is 1140. The Labute approximate surface area is 175 Å². The number of thioether (sulfide) groups is 1. The zero-order valence-corrected chi connectivity index (χ0v) is 17.6. The number of H-pyrrole nitrogens is 1. The number of hydrogen-bond acceptors (Lipinski definition) is 9. The lowest BCUT2D eigenvalue weighted by Crippen LogP contribution is -2.21. The van der Waals surface area contributed by atoms with Gasteiger partial charge in [-0.3, -0.25) is 5.10 Å². The van der Waals surface area contributed by atoms with Crippen LogP contribution in [0.4, 0.5) is 0 Å². The lowest BCUT2D eigenvalue weighted by atomic mass is 9.83. The number of nitriles is 1. The summed E-state index contributed by atoms with van der Waals surface area (Å²) in [5, 5.41) is 26.0. The molecular formula is C19H18N6O2S2. The molecule has 1 aliphatic rings. The molecule has 3 aromatic rings. The largest absolute Gasteiger partial charge is 0.496 e. The molecule has 1 atom stereocenters. The van der Waals surface area contributed by atoms with Crippen LogP contribution in [0, 0.1) is 25.2 Å². The topological polar surface area (TPSA) is 123 Å². The summed E-state index contributed by atoms with van der Waals surface area (Å²) in [6.45, 7) is 3.83. The number of nitrogens with two attached hydrogens (primary N) is 1. The van der Waals surface area contributed by atoms with Crippen LogP contribution < -0.4 is 15.2 Å². The normalized spacial score (nSPS) is 15.6. The average molecular weight is 427 g/mol. The standard InChI is InChI=1S/C19H18N6O2S2/c1-9-15-16(13(7-20)17(21)27-18(15)24-22-9)11-4-5-14(26-3)12(6-11)8-28-19-25-23-10(2)29-19/h4-6,16H,8,21H2,1-3H3,(H,22,24)/t16-/m0/s1. The van der Waals surface area contributed by atoms with Crippen molar-refractivity contribution in [2.45, 2.75) is 29.9 Å². The number of benzene rings is 1. The molecule has 0 aliphatic carbocycles. The summed E-state index contributed by atoms with van der Waals surface area (Å²) in [6, 6.07) is 8.09. The van der Waals surface area contributed by atoms with Crippen molar-refractivity contribution in [1.29, 1.82) is 5.26 Å². The maximum Gasteiger partial charge on any atom is 0.244 e. The van der Waals surface area contributed by atoms with Crippen LogP contribution in [0.3, 0.4) is 0 Å². The zero-order valence-electron chi connectivity index (χ0n) is 16.0. The van der Waals surface area contributed by atoms with Crippen LogP contribution in [0.1, 0.15) is 33.3 Å². The molecule has 2 aromatic heterocycles. The molecule has 0 amide bonds. The minimum absolute atomic E-state index is 0.0765. The average Bonchev–Trinajstić information content (AvgIpc) is 3.30. The first-order valence-electron chi connectivity index (χ1n) is 8.74. The number of rotatable bonds is 5. The molecule has 10 heteroatoms. The van der Waals surface area contributed by atoms with Gasteiger partial charge < -0.3 is 15.2 Å². The third kappa shape index (κ3) is 3.54. The van der Waals surface area contributed by atoms with Crippen LogP contribution in [0.5, 0.6) is 11.6 Å². The zero-order chi connectivity index (χ0) is 20.5. The Morgan fingerprint density at radius 1 is 1.38 bits per heavy atom. The molecule has 3 heterocycles. The molecule has 0 fully saturated rings. The fourth-order valence-electron chi connectivity index (χ4n) is 3.30. The van der Waals surface area contributed by atoms with Gasteiger partial charge in [-0.2, -0.15) is 5.26 Å². The van der Waals surface area contributed by atoms with E-state index in [-0.39, 0.29) is 11.8 Å².